The molecule has 2 aliphatic rings. The highest BCUT2D eigenvalue weighted by molar-refractivity contribution is 8.01. The van der Waals surface area contributed by atoms with Crippen LogP contribution in [0.3, 0.4) is 0 Å². The van der Waals surface area contributed by atoms with Crippen molar-refractivity contribution in [3.05, 3.63) is 75.0 Å². The molecule has 2 aromatic carbocycles. The fourth-order valence-corrected chi connectivity index (χ4v) is 7.79. The third kappa shape index (κ3) is 7.51. The Morgan fingerprint density at radius 2 is 1.67 bits per heavy atom. The van der Waals surface area contributed by atoms with Gasteiger partial charge in [0.25, 0.3) is 5.56 Å². The van der Waals surface area contributed by atoms with Crippen LogP contribution < -0.4 is 32.0 Å². The molecule has 17 nitrogen and oxygen atoms in total. The number of amides is 4. The van der Waals surface area contributed by atoms with E-state index in [9.17, 15) is 43.5 Å². The van der Waals surface area contributed by atoms with Gasteiger partial charge in [0, 0.05) is 4.75 Å². The van der Waals surface area contributed by atoms with Crippen LogP contribution in [0.5, 0.6) is 5.75 Å². The molecule has 3 aromatic rings. The van der Waals surface area contributed by atoms with Gasteiger partial charge in [0.05, 0.1) is 12.5 Å². The Kier molecular flexibility index (Phi) is 10.8. The zero-order valence-electron chi connectivity index (χ0n) is 28.7. The van der Waals surface area contributed by atoms with E-state index in [0.29, 0.717) is 10.1 Å². The lowest BCUT2D eigenvalue weighted by molar-refractivity contribution is -0.161. The van der Waals surface area contributed by atoms with E-state index in [2.05, 4.69) is 20.7 Å². The Labute approximate surface area is 300 Å². The van der Waals surface area contributed by atoms with Gasteiger partial charge in [-0.3, -0.25) is 24.0 Å². The summed E-state index contributed by atoms with van der Waals surface area (Å²) >= 11 is 1.25. The average Bonchev–Trinajstić information content (AvgIpc) is 3.35. The van der Waals surface area contributed by atoms with E-state index in [0.717, 1.165) is 7.11 Å². The predicted octanol–water partition coefficient (Wildman–Crippen LogP) is 1.12. The van der Waals surface area contributed by atoms with Crippen LogP contribution in [0.25, 0.3) is 11.0 Å². The van der Waals surface area contributed by atoms with E-state index in [1.165, 1.54) is 34.9 Å². The summed E-state index contributed by atoms with van der Waals surface area (Å²) in [5.74, 6) is -5.75. The molecule has 5 rings (SSSR count). The molecule has 0 radical (unpaired) electrons. The number of hydrogen-bond acceptors (Lipinski definition) is 12. The third-order valence-corrected chi connectivity index (χ3v) is 10.1. The summed E-state index contributed by atoms with van der Waals surface area (Å²) in [5.41, 5.74) is -0.898. The monoisotopic (exact) mass is 739 g/mol. The van der Waals surface area contributed by atoms with Gasteiger partial charge in [0.2, 0.25) is 23.6 Å². The zero-order chi connectivity index (χ0) is 38.1. The van der Waals surface area contributed by atoms with Gasteiger partial charge in [-0.1, -0.05) is 50.2 Å². The van der Waals surface area contributed by atoms with E-state index in [1.807, 2.05) is 0 Å². The van der Waals surface area contributed by atoms with Crippen molar-refractivity contribution in [3.8, 4) is 5.75 Å². The molecule has 4 N–H and O–H groups in total. The average molecular weight is 740 g/mol. The molecule has 1 aromatic heterocycles. The van der Waals surface area contributed by atoms with E-state index in [4.69, 9.17) is 9.15 Å². The van der Waals surface area contributed by atoms with Crippen LogP contribution in [0.15, 0.2) is 62.5 Å². The second-order valence-corrected chi connectivity index (χ2v) is 14.9. The molecule has 0 saturated carbocycles. The molecular weight excluding hydrogens is 702 g/mol. The van der Waals surface area contributed by atoms with Crippen LogP contribution in [-0.2, 0) is 35.3 Å². The molecule has 276 valence electrons. The summed E-state index contributed by atoms with van der Waals surface area (Å²) in [6.07, 6.45) is -1.02. The summed E-state index contributed by atoms with van der Waals surface area (Å²) in [6.45, 7) is 6.17. The lowest BCUT2D eigenvalue weighted by Crippen LogP contribution is -2.71. The Balaban J connectivity index is 1.34. The lowest BCUT2D eigenvalue weighted by Gasteiger charge is -2.44. The van der Waals surface area contributed by atoms with Crippen molar-refractivity contribution < 1.29 is 47.8 Å². The molecule has 3 heterocycles. The number of aliphatic carboxylic acids is 1. The number of thioether (sulfide) groups is 1. The van der Waals surface area contributed by atoms with Gasteiger partial charge < -0.3 is 39.8 Å². The molecule has 5 atom stereocenters. The molecule has 2 aliphatic heterocycles. The molecule has 3 unspecified atom stereocenters. The normalized spacial score (nSPS) is 19.9. The number of nitrogens with zero attached hydrogens (tertiary/aromatic N) is 2. The Morgan fingerprint density at radius 1 is 0.981 bits per heavy atom. The molecule has 2 saturated heterocycles. The molecule has 0 spiro atoms. The highest BCUT2D eigenvalue weighted by Gasteiger charge is 2.64. The van der Waals surface area contributed by atoms with Gasteiger partial charge in [-0.25, -0.2) is 19.0 Å². The molecular formula is C34H37N5O12S. The molecule has 52 heavy (non-hydrogen) atoms. The van der Waals surface area contributed by atoms with Crippen molar-refractivity contribution in [2.75, 3.05) is 7.11 Å². The summed E-state index contributed by atoms with van der Waals surface area (Å²) < 4.78 is 14.3. The lowest BCUT2D eigenvalue weighted by atomic mass is 9.95. The summed E-state index contributed by atoms with van der Waals surface area (Å²) in [7, 11) is 1.07. The number of rotatable bonds is 12. The van der Waals surface area contributed by atoms with Crippen molar-refractivity contribution in [3.63, 3.8) is 0 Å². The maximum absolute atomic E-state index is 13.8. The number of methoxy groups -OCH3 is 1. The number of carbonyl (C=O) groups is 6. The van der Waals surface area contributed by atoms with Crippen molar-refractivity contribution >= 4 is 58.5 Å². The van der Waals surface area contributed by atoms with Gasteiger partial charge in [-0.05, 0) is 43.9 Å². The number of hydrogen-bond donors (Lipinski definition) is 4. The number of para-hydroxylation sites is 1. The zero-order valence-corrected chi connectivity index (χ0v) is 29.6. The molecule has 2 fully saturated rings. The van der Waals surface area contributed by atoms with Gasteiger partial charge >= 0.3 is 17.9 Å². The number of aromatic nitrogens is 1. The van der Waals surface area contributed by atoms with Crippen molar-refractivity contribution in [2.45, 2.75) is 74.9 Å². The minimum absolute atomic E-state index is 0.0938. The number of nitrogens with one attached hydrogen (secondary N) is 3. The number of β-lactam (4-membered cyclic amide) rings is 1. The van der Waals surface area contributed by atoms with Crippen molar-refractivity contribution in [2.24, 2.45) is 5.92 Å². The minimum Gasteiger partial charge on any atom is -0.480 e. The number of benzene rings is 2. The topological polar surface area (TPSA) is 233 Å². The highest BCUT2D eigenvalue weighted by Crippen LogP contribution is 2.50. The largest absolute Gasteiger partial charge is 0.513 e. The van der Waals surface area contributed by atoms with E-state index in [-0.39, 0.29) is 29.1 Å². The molecule has 18 heteroatoms. The fraction of sp³-hybridized carbons (Fsp3) is 0.412. The van der Waals surface area contributed by atoms with Crippen LogP contribution in [0.2, 0.25) is 0 Å². The van der Waals surface area contributed by atoms with Crippen LogP contribution in [0.1, 0.15) is 45.7 Å². The maximum atomic E-state index is 13.8. The van der Waals surface area contributed by atoms with Crippen LogP contribution in [0.4, 0.5) is 4.79 Å². The number of fused-ring (bicyclic) bond motifs is 2. The van der Waals surface area contributed by atoms with Crippen LogP contribution in [0, 0.1) is 5.92 Å². The SMILES string of the molecule is COC(=O)Oc1cccc2c(=O)n(CC(=O)NC(CC(C)C)C(=O)N[C@@H](C(=O)N[C@@H]3C(=O)N4C3SC(C)(C)C4C(=O)O)c3ccccc3)c(=O)oc12. The predicted molar refractivity (Wildman–Crippen MR) is 184 cm³/mol. The second-order valence-electron chi connectivity index (χ2n) is 13.1. The number of carboxylic acid groups (broad SMARTS) is 1. The quantitative estimate of drug-likeness (QED) is 0.116. The molecule has 4 amide bonds. The fourth-order valence-electron chi connectivity index (χ4n) is 6.17. The Morgan fingerprint density at radius 3 is 2.31 bits per heavy atom. The summed E-state index contributed by atoms with van der Waals surface area (Å²) in [5, 5.41) is 16.8. The van der Waals surface area contributed by atoms with Gasteiger partial charge in [0.15, 0.2) is 11.3 Å². The number of carbonyl (C=O) groups excluding carboxylic acids is 5. The third-order valence-electron chi connectivity index (χ3n) is 8.54. The maximum Gasteiger partial charge on any atom is 0.513 e. The standard InChI is InChI=1S/C34H37N5O12S/c1-16(2)14-19(35-21(40)15-38-28(43)18-12-9-13-20(50-33(48)49-5)24(18)51-32(38)47)26(41)36-22(17-10-7-6-8-11-17)27(42)37-23-29(44)39-25(31(45)46)34(3,4)52-30(23)39/h6-13,16,19,22-23,25,30H,14-15H2,1-5H3,(H,35,40)(H,36,41)(H,37,42)(H,45,46)/t19?,22-,23-,25?,30?/m1/s1. The molecule has 0 aliphatic carbocycles. The Hall–Kier alpha value is -5.65. The van der Waals surface area contributed by atoms with Gasteiger partial charge in [-0.2, -0.15) is 0 Å². The van der Waals surface area contributed by atoms with E-state index in [1.54, 1.807) is 58.0 Å². The van der Waals surface area contributed by atoms with Gasteiger partial charge in [0.1, 0.15) is 36.1 Å². The summed E-state index contributed by atoms with van der Waals surface area (Å²) in [6, 6.07) is 7.45. The van der Waals surface area contributed by atoms with Crippen molar-refractivity contribution in [1.82, 2.24) is 25.4 Å². The first-order chi connectivity index (χ1) is 24.5. The first-order valence-corrected chi connectivity index (χ1v) is 17.0. The molecule has 0 bridgehead atoms. The van der Waals surface area contributed by atoms with Crippen LogP contribution in [-0.4, -0.2) is 85.7 Å². The first kappa shape index (κ1) is 37.6. The highest BCUT2D eigenvalue weighted by atomic mass is 32.2. The van der Waals surface area contributed by atoms with Crippen molar-refractivity contribution in [1.29, 1.82) is 0 Å². The van der Waals surface area contributed by atoms with Gasteiger partial charge in [-0.15, -0.1) is 11.8 Å². The van der Waals surface area contributed by atoms with E-state index >= 15 is 0 Å². The second kappa shape index (κ2) is 14.9. The Bertz CT molecular complexity index is 2050. The van der Waals surface area contributed by atoms with E-state index < -0.39 is 87.9 Å². The summed E-state index contributed by atoms with van der Waals surface area (Å²) in [4.78, 5) is 105. The number of ether oxygens (including phenoxy) is 2. The number of carboxylic acids is 1. The minimum atomic E-state index is -1.33. The van der Waals surface area contributed by atoms with Crippen LogP contribution >= 0.6 is 11.8 Å². The smallest absolute Gasteiger partial charge is 0.480 e. The first-order valence-electron chi connectivity index (χ1n) is 16.1.